The summed E-state index contributed by atoms with van der Waals surface area (Å²) in [5.41, 5.74) is 4.22. The Balaban J connectivity index is 1.46. The highest BCUT2D eigenvalue weighted by molar-refractivity contribution is 6.35. The molecule has 0 spiro atoms. The predicted octanol–water partition coefficient (Wildman–Crippen LogP) is 3.03. The second-order valence-corrected chi connectivity index (χ2v) is 7.27. The Morgan fingerprint density at radius 2 is 1.94 bits per heavy atom. The summed E-state index contributed by atoms with van der Waals surface area (Å²) in [5, 5.41) is 9.44. The number of anilines is 1. The van der Waals surface area contributed by atoms with Gasteiger partial charge in [-0.2, -0.15) is 5.10 Å². The first-order valence-electron chi connectivity index (χ1n) is 9.83. The van der Waals surface area contributed by atoms with Crippen molar-refractivity contribution in [2.45, 2.75) is 13.5 Å². The van der Waals surface area contributed by atoms with Crippen molar-refractivity contribution in [1.29, 1.82) is 0 Å². The number of carbonyl (C=O) groups is 3. The van der Waals surface area contributed by atoms with Crippen molar-refractivity contribution in [1.82, 2.24) is 10.7 Å². The Kier molecular flexibility index (Phi) is 8.20. The maximum Gasteiger partial charge on any atom is 0.329 e. The summed E-state index contributed by atoms with van der Waals surface area (Å²) in [6.45, 7) is 1.74. The molecule has 3 aromatic rings. The Hall–Kier alpha value is -4.11. The number of halogens is 1. The molecule has 10 heteroatoms. The molecule has 33 heavy (non-hydrogen) atoms. The summed E-state index contributed by atoms with van der Waals surface area (Å²) in [7, 11) is 0. The molecule has 0 radical (unpaired) electrons. The van der Waals surface area contributed by atoms with E-state index in [2.05, 4.69) is 21.2 Å². The summed E-state index contributed by atoms with van der Waals surface area (Å²) in [4.78, 5) is 35.7. The van der Waals surface area contributed by atoms with Gasteiger partial charge in [-0.15, -0.1) is 0 Å². The number of aryl methyl sites for hydroxylation is 1. The predicted molar refractivity (Wildman–Crippen MR) is 123 cm³/mol. The SMILES string of the molecule is Cc1ccc(Cl)cc1NC(=O)COc1cccc(/C=N\NC(=O)C(=O)NCc2ccco2)c1. The number of rotatable bonds is 8. The maximum absolute atomic E-state index is 12.2. The molecule has 0 fully saturated rings. The van der Waals surface area contributed by atoms with E-state index < -0.39 is 11.8 Å². The number of nitrogens with zero attached hydrogens (tertiary/aromatic N) is 1. The number of hydrogen-bond donors (Lipinski definition) is 3. The Labute approximate surface area is 194 Å². The first-order valence-corrected chi connectivity index (χ1v) is 10.2. The van der Waals surface area contributed by atoms with Gasteiger partial charge < -0.3 is 19.8 Å². The lowest BCUT2D eigenvalue weighted by atomic mass is 10.2. The van der Waals surface area contributed by atoms with Crippen LogP contribution in [0.4, 0.5) is 5.69 Å². The topological polar surface area (TPSA) is 122 Å². The normalized spacial score (nSPS) is 10.6. The highest BCUT2D eigenvalue weighted by Crippen LogP contribution is 2.20. The van der Waals surface area contributed by atoms with Gasteiger partial charge in [-0.05, 0) is 54.4 Å². The molecule has 3 amide bonds. The zero-order valence-corrected chi connectivity index (χ0v) is 18.4. The number of hydrazone groups is 1. The quantitative estimate of drug-likeness (QED) is 0.266. The van der Waals surface area contributed by atoms with E-state index in [0.717, 1.165) is 5.56 Å². The first-order chi connectivity index (χ1) is 15.9. The van der Waals surface area contributed by atoms with E-state index in [4.69, 9.17) is 20.8 Å². The van der Waals surface area contributed by atoms with Gasteiger partial charge in [-0.3, -0.25) is 14.4 Å². The molecule has 1 aromatic heterocycles. The lowest BCUT2D eigenvalue weighted by molar-refractivity contribution is -0.139. The molecule has 0 atom stereocenters. The first kappa shape index (κ1) is 23.6. The van der Waals surface area contributed by atoms with Crippen molar-refractivity contribution in [3.8, 4) is 5.75 Å². The molecule has 0 aliphatic carbocycles. The molecule has 0 aliphatic rings. The summed E-state index contributed by atoms with van der Waals surface area (Å²) in [6.07, 6.45) is 2.82. The van der Waals surface area contributed by atoms with E-state index in [9.17, 15) is 14.4 Å². The number of benzene rings is 2. The van der Waals surface area contributed by atoms with Crippen LogP contribution in [-0.2, 0) is 20.9 Å². The zero-order chi connectivity index (χ0) is 23.6. The fraction of sp³-hybridized carbons (Fsp3) is 0.130. The van der Waals surface area contributed by atoms with E-state index in [-0.39, 0.29) is 19.1 Å². The van der Waals surface area contributed by atoms with Gasteiger partial charge in [-0.25, -0.2) is 5.43 Å². The van der Waals surface area contributed by atoms with Crippen molar-refractivity contribution in [2.75, 3.05) is 11.9 Å². The van der Waals surface area contributed by atoms with Crippen LogP contribution in [0.25, 0.3) is 0 Å². The van der Waals surface area contributed by atoms with Gasteiger partial charge in [0.25, 0.3) is 5.91 Å². The molecule has 0 bridgehead atoms. The van der Waals surface area contributed by atoms with Gasteiger partial charge in [0.05, 0.1) is 19.0 Å². The molecule has 1 heterocycles. The number of amides is 3. The van der Waals surface area contributed by atoms with Crippen molar-refractivity contribution < 1.29 is 23.5 Å². The van der Waals surface area contributed by atoms with Gasteiger partial charge in [0.2, 0.25) is 0 Å². The maximum atomic E-state index is 12.2. The molecule has 0 unspecified atom stereocenters. The van der Waals surface area contributed by atoms with Gasteiger partial charge in [-0.1, -0.05) is 29.8 Å². The second-order valence-electron chi connectivity index (χ2n) is 6.83. The van der Waals surface area contributed by atoms with Crippen LogP contribution in [0.3, 0.4) is 0 Å². The van der Waals surface area contributed by atoms with Crippen molar-refractivity contribution in [3.05, 3.63) is 82.8 Å². The van der Waals surface area contributed by atoms with Gasteiger partial charge in [0.1, 0.15) is 11.5 Å². The minimum Gasteiger partial charge on any atom is -0.484 e. The van der Waals surface area contributed by atoms with Crippen LogP contribution in [-0.4, -0.2) is 30.5 Å². The smallest absolute Gasteiger partial charge is 0.329 e. The highest BCUT2D eigenvalue weighted by Gasteiger charge is 2.12. The Morgan fingerprint density at radius 3 is 2.73 bits per heavy atom. The van der Waals surface area contributed by atoms with Crippen LogP contribution in [0.15, 0.2) is 70.4 Å². The molecule has 0 saturated heterocycles. The van der Waals surface area contributed by atoms with Crippen LogP contribution in [0, 0.1) is 6.92 Å². The van der Waals surface area contributed by atoms with E-state index in [1.165, 1.54) is 12.5 Å². The third-order valence-corrected chi connectivity index (χ3v) is 4.53. The Morgan fingerprint density at radius 1 is 1.09 bits per heavy atom. The summed E-state index contributed by atoms with van der Waals surface area (Å²) < 4.78 is 10.6. The molecule has 0 aliphatic heterocycles. The Bertz CT molecular complexity index is 1160. The average Bonchev–Trinajstić information content (AvgIpc) is 3.32. The molecular weight excluding hydrogens is 448 g/mol. The van der Waals surface area contributed by atoms with E-state index in [1.807, 2.05) is 13.0 Å². The van der Waals surface area contributed by atoms with E-state index in [1.54, 1.807) is 48.5 Å². The largest absolute Gasteiger partial charge is 0.484 e. The molecule has 9 nitrogen and oxygen atoms in total. The number of hydrogen-bond acceptors (Lipinski definition) is 6. The lowest BCUT2D eigenvalue weighted by Crippen LogP contribution is -2.37. The zero-order valence-electron chi connectivity index (χ0n) is 17.6. The monoisotopic (exact) mass is 468 g/mol. The fourth-order valence-corrected chi connectivity index (χ4v) is 2.80. The molecule has 0 saturated carbocycles. The van der Waals surface area contributed by atoms with Crippen LogP contribution >= 0.6 is 11.6 Å². The number of ether oxygens (including phenoxy) is 1. The average molecular weight is 469 g/mol. The van der Waals surface area contributed by atoms with Crippen molar-refractivity contribution >= 4 is 41.2 Å². The third kappa shape index (κ3) is 7.51. The van der Waals surface area contributed by atoms with Crippen LogP contribution in [0.1, 0.15) is 16.9 Å². The third-order valence-electron chi connectivity index (χ3n) is 4.29. The van der Waals surface area contributed by atoms with Gasteiger partial charge >= 0.3 is 11.8 Å². The van der Waals surface area contributed by atoms with Crippen molar-refractivity contribution in [2.24, 2.45) is 5.10 Å². The standard InChI is InChI=1S/C23H21ClN4O5/c1-15-7-8-17(24)11-20(15)27-21(29)14-33-18-5-2-4-16(10-18)12-26-28-23(31)22(30)25-13-19-6-3-9-32-19/h2-12H,13-14H2,1H3,(H,25,30)(H,27,29)(H,28,31)/b26-12-. The minimum atomic E-state index is -0.918. The van der Waals surface area contributed by atoms with Crippen LogP contribution in [0.5, 0.6) is 5.75 Å². The minimum absolute atomic E-state index is 0.0901. The molecule has 170 valence electrons. The highest BCUT2D eigenvalue weighted by atomic mass is 35.5. The molecule has 3 N–H and O–H groups in total. The van der Waals surface area contributed by atoms with Crippen molar-refractivity contribution in [3.63, 3.8) is 0 Å². The van der Waals surface area contributed by atoms with Crippen LogP contribution < -0.4 is 20.8 Å². The van der Waals surface area contributed by atoms with E-state index >= 15 is 0 Å². The molecule has 3 rings (SSSR count). The number of carbonyl (C=O) groups excluding carboxylic acids is 3. The summed E-state index contributed by atoms with van der Waals surface area (Å²) in [6, 6.07) is 15.3. The van der Waals surface area contributed by atoms with E-state index in [0.29, 0.717) is 27.8 Å². The number of nitrogens with one attached hydrogen (secondary N) is 3. The van der Waals surface area contributed by atoms with Crippen LogP contribution in [0.2, 0.25) is 5.02 Å². The fourth-order valence-electron chi connectivity index (χ4n) is 2.63. The summed E-state index contributed by atoms with van der Waals surface area (Å²) >= 11 is 5.96. The molecular formula is C23H21ClN4O5. The summed E-state index contributed by atoms with van der Waals surface area (Å²) in [5.74, 6) is -1.15. The van der Waals surface area contributed by atoms with Gasteiger partial charge in [0.15, 0.2) is 6.61 Å². The second kappa shape index (κ2) is 11.5. The molecule has 2 aromatic carbocycles. The lowest BCUT2D eigenvalue weighted by Gasteiger charge is -2.10. The number of furan rings is 1. The van der Waals surface area contributed by atoms with Gasteiger partial charge in [0, 0.05) is 10.7 Å².